The molecule has 0 aliphatic heterocycles. The Balaban J connectivity index is 2.60. The molecule has 7 heteroatoms. The molecule has 96 valence electrons. The van der Waals surface area contributed by atoms with Gasteiger partial charge < -0.3 is 20.5 Å². The number of methoxy groups -OCH3 is 1. The lowest BCUT2D eigenvalue weighted by atomic mass is 10.2. The summed E-state index contributed by atoms with van der Waals surface area (Å²) < 4.78 is 4.64. The number of benzene rings is 1. The van der Waals surface area contributed by atoms with Crippen LogP contribution >= 0.6 is 0 Å². The Morgan fingerprint density at radius 3 is 2.06 bits per heavy atom. The predicted octanol–water partition coefficient (Wildman–Crippen LogP) is 0.295. The molecule has 0 aromatic heterocycles. The van der Waals surface area contributed by atoms with Crippen LogP contribution in [0.1, 0.15) is 0 Å². The van der Waals surface area contributed by atoms with Crippen molar-refractivity contribution >= 4 is 29.2 Å². The molecule has 2 amide bonds. The Labute approximate surface area is 103 Å². The van der Waals surface area contributed by atoms with Gasteiger partial charge in [-0.3, -0.25) is 9.59 Å². The first-order valence-corrected chi connectivity index (χ1v) is 4.96. The Hall–Kier alpha value is -2.41. The van der Waals surface area contributed by atoms with E-state index < -0.39 is 11.9 Å². The molecule has 0 bridgehead atoms. The van der Waals surface area contributed by atoms with E-state index in [9.17, 15) is 14.4 Å². The molecule has 0 atom stereocenters. The molecule has 0 saturated heterocycles. The summed E-state index contributed by atoms with van der Waals surface area (Å²) in [6.45, 7) is -0.0580. The number of nitrogens with one attached hydrogen (secondary N) is 2. The van der Waals surface area contributed by atoms with Gasteiger partial charge >= 0.3 is 11.9 Å². The summed E-state index contributed by atoms with van der Waals surface area (Å²) in [6.07, 6.45) is 0. The van der Waals surface area contributed by atoms with Crippen LogP contribution in [0.3, 0.4) is 0 Å². The van der Waals surface area contributed by atoms with Gasteiger partial charge in [0.05, 0.1) is 0 Å². The lowest BCUT2D eigenvalue weighted by Crippen LogP contribution is -2.21. The minimum Gasteiger partial charge on any atom is -0.474 e. The van der Waals surface area contributed by atoms with E-state index >= 15 is 0 Å². The maximum Gasteiger partial charge on any atom is 0.394 e. The molecule has 0 aliphatic carbocycles. The van der Waals surface area contributed by atoms with Gasteiger partial charge in [-0.1, -0.05) is 0 Å². The van der Waals surface area contributed by atoms with Crippen LogP contribution in [0, 0.1) is 0 Å². The predicted molar refractivity (Wildman–Crippen MR) is 63.2 cm³/mol. The van der Waals surface area contributed by atoms with E-state index in [0.29, 0.717) is 11.4 Å². The highest BCUT2D eigenvalue weighted by Crippen LogP contribution is 2.13. The standard InChI is InChI=1S/C11H12N2O5/c1-18-6-9(14)12-7-2-4-8(5-3-7)13-10(15)11(16)17/h2-5H,6H2,1H3,(H,12,14)(H,13,15)(H,16,17). The lowest BCUT2D eigenvalue weighted by Gasteiger charge is -2.06. The number of ether oxygens (including phenoxy) is 1. The molecule has 1 aromatic carbocycles. The second-order valence-corrected chi connectivity index (χ2v) is 3.32. The number of carboxylic acids is 1. The highest BCUT2D eigenvalue weighted by atomic mass is 16.5. The van der Waals surface area contributed by atoms with Crippen LogP contribution in [-0.4, -0.2) is 36.6 Å². The average molecular weight is 252 g/mol. The van der Waals surface area contributed by atoms with Gasteiger partial charge in [-0.15, -0.1) is 0 Å². The molecule has 0 saturated carbocycles. The van der Waals surface area contributed by atoms with Crippen molar-refractivity contribution in [2.45, 2.75) is 0 Å². The number of carbonyl (C=O) groups is 3. The summed E-state index contributed by atoms with van der Waals surface area (Å²) in [7, 11) is 1.41. The zero-order valence-electron chi connectivity index (χ0n) is 9.60. The molecule has 0 heterocycles. The Morgan fingerprint density at radius 1 is 1.11 bits per heavy atom. The van der Waals surface area contributed by atoms with Gasteiger partial charge in [0.2, 0.25) is 5.91 Å². The quantitative estimate of drug-likeness (QED) is 0.668. The maximum atomic E-state index is 11.2. The molecule has 7 nitrogen and oxygen atoms in total. The SMILES string of the molecule is COCC(=O)Nc1ccc(NC(=O)C(=O)O)cc1. The van der Waals surface area contributed by atoms with E-state index in [1.807, 2.05) is 0 Å². The summed E-state index contributed by atoms with van der Waals surface area (Å²) in [5.74, 6) is -2.99. The van der Waals surface area contributed by atoms with E-state index in [1.165, 1.54) is 31.4 Å². The fourth-order valence-electron chi connectivity index (χ4n) is 1.15. The maximum absolute atomic E-state index is 11.2. The Morgan fingerprint density at radius 2 is 1.61 bits per heavy atom. The minimum atomic E-state index is -1.56. The highest BCUT2D eigenvalue weighted by molar-refractivity contribution is 6.36. The first-order valence-electron chi connectivity index (χ1n) is 4.96. The summed E-state index contributed by atoms with van der Waals surface area (Å²) >= 11 is 0. The molecule has 0 unspecified atom stereocenters. The van der Waals surface area contributed by atoms with Gasteiger partial charge in [0.25, 0.3) is 0 Å². The lowest BCUT2D eigenvalue weighted by molar-refractivity contribution is -0.147. The van der Waals surface area contributed by atoms with Crippen molar-refractivity contribution in [2.24, 2.45) is 0 Å². The number of hydrogen-bond donors (Lipinski definition) is 3. The number of carbonyl (C=O) groups excluding carboxylic acids is 2. The van der Waals surface area contributed by atoms with E-state index in [1.54, 1.807) is 0 Å². The molecule has 1 aromatic rings. The summed E-state index contributed by atoms with van der Waals surface area (Å²) in [5, 5.41) is 13.1. The highest BCUT2D eigenvalue weighted by Gasteiger charge is 2.10. The average Bonchev–Trinajstić information content (AvgIpc) is 2.31. The van der Waals surface area contributed by atoms with Crippen molar-refractivity contribution in [3.05, 3.63) is 24.3 Å². The number of aliphatic carboxylic acids is 1. The fraction of sp³-hybridized carbons (Fsp3) is 0.182. The van der Waals surface area contributed by atoms with E-state index in [0.717, 1.165) is 0 Å². The smallest absolute Gasteiger partial charge is 0.394 e. The minimum absolute atomic E-state index is 0.0580. The number of anilines is 2. The Bertz CT molecular complexity index is 455. The number of hydrogen-bond acceptors (Lipinski definition) is 4. The monoisotopic (exact) mass is 252 g/mol. The van der Waals surface area contributed by atoms with Crippen LogP contribution in [0.25, 0.3) is 0 Å². The van der Waals surface area contributed by atoms with Crippen LogP contribution in [-0.2, 0) is 19.1 Å². The van der Waals surface area contributed by atoms with Crippen molar-refractivity contribution in [1.82, 2.24) is 0 Å². The molecule has 18 heavy (non-hydrogen) atoms. The summed E-state index contributed by atoms with van der Waals surface area (Å²) in [4.78, 5) is 32.3. The van der Waals surface area contributed by atoms with Crippen LogP contribution in [0.4, 0.5) is 11.4 Å². The molecule has 0 radical (unpaired) electrons. The van der Waals surface area contributed by atoms with Crippen molar-refractivity contribution in [2.75, 3.05) is 24.4 Å². The third kappa shape index (κ3) is 4.22. The van der Waals surface area contributed by atoms with E-state index in [2.05, 4.69) is 15.4 Å². The van der Waals surface area contributed by atoms with Crippen molar-refractivity contribution in [3.8, 4) is 0 Å². The van der Waals surface area contributed by atoms with Gasteiger partial charge in [0, 0.05) is 18.5 Å². The number of amides is 2. The number of carboxylic acid groups (broad SMARTS) is 1. The third-order valence-corrected chi connectivity index (χ3v) is 1.90. The largest absolute Gasteiger partial charge is 0.474 e. The summed E-state index contributed by atoms with van der Waals surface area (Å²) in [6, 6.07) is 6.02. The third-order valence-electron chi connectivity index (χ3n) is 1.90. The first-order chi connectivity index (χ1) is 8.52. The molecule has 0 spiro atoms. The zero-order valence-corrected chi connectivity index (χ0v) is 9.60. The molecule has 0 fully saturated rings. The van der Waals surface area contributed by atoms with Crippen LogP contribution in [0.5, 0.6) is 0 Å². The van der Waals surface area contributed by atoms with Gasteiger partial charge in [0.15, 0.2) is 0 Å². The normalized spacial score (nSPS) is 9.61. The molecule has 1 rings (SSSR count). The van der Waals surface area contributed by atoms with Gasteiger partial charge in [0.1, 0.15) is 6.61 Å². The van der Waals surface area contributed by atoms with Crippen molar-refractivity contribution in [3.63, 3.8) is 0 Å². The van der Waals surface area contributed by atoms with Crippen molar-refractivity contribution in [1.29, 1.82) is 0 Å². The van der Waals surface area contributed by atoms with Crippen LogP contribution in [0.2, 0.25) is 0 Å². The van der Waals surface area contributed by atoms with E-state index in [4.69, 9.17) is 5.11 Å². The number of rotatable bonds is 4. The van der Waals surface area contributed by atoms with Gasteiger partial charge in [-0.25, -0.2) is 4.79 Å². The summed E-state index contributed by atoms with van der Waals surface area (Å²) in [5.41, 5.74) is 0.845. The second kappa shape index (κ2) is 6.36. The second-order valence-electron chi connectivity index (χ2n) is 3.32. The zero-order chi connectivity index (χ0) is 13.5. The Kier molecular flexibility index (Phi) is 4.82. The molecule has 0 aliphatic rings. The van der Waals surface area contributed by atoms with Gasteiger partial charge in [-0.05, 0) is 24.3 Å². The van der Waals surface area contributed by atoms with Crippen LogP contribution in [0.15, 0.2) is 24.3 Å². The topological polar surface area (TPSA) is 105 Å². The van der Waals surface area contributed by atoms with Gasteiger partial charge in [-0.2, -0.15) is 0 Å². The fourth-order valence-corrected chi connectivity index (χ4v) is 1.15. The van der Waals surface area contributed by atoms with Crippen molar-refractivity contribution < 1.29 is 24.2 Å². The molecular weight excluding hydrogens is 240 g/mol. The molecular formula is C11H12N2O5. The first kappa shape index (κ1) is 13.7. The molecule has 3 N–H and O–H groups in total. The van der Waals surface area contributed by atoms with Crippen LogP contribution < -0.4 is 10.6 Å². The van der Waals surface area contributed by atoms with E-state index in [-0.39, 0.29) is 12.5 Å².